The summed E-state index contributed by atoms with van der Waals surface area (Å²) in [6.45, 7) is 9.29. The van der Waals surface area contributed by atoms with Gasteiger partial charge in [0, 0.05) is 31.7 Å². The summed E-state index contributed by atoms with van der Waals surface area (Å²) in [7, 11) is 0. The van der Waals surface area contributed by atoms with Crippen LogP contribution in [0.3, 0.4) is 0 Å². The summed E-state index contributed by atoms with van der Waals surface area (Å²) in [5.74, 6) is -0.0357. The van der Waals surface area contributed by atoms with Crippen molar-refractivity contribution < 1.29 is 38.4 Å². The molecule has 1 fully saturated rings. The first kappa shape index (κ1) is 31.6. The van der Waals surface area contributed by atoms with Gasteiger partial charge in [-0.2, -0.15) is 0 Å². The molecule has 214 valence electrons. The minimum absolute atomic E-state index is 0.0470. The Hall–Kier alpha value is -2.57. The Balaban J connectivity index is 1.44. The number of Topliss-reactive ketones (excluding diaryl/α,β-unsaturated/α-hetero) is 1. The third kappa shape index (κ3) is 12.3. The number of carbonyl (C=O) groups is 3. The first-order chi connectivity index (χ1) is 18.2. The summed E-state index contributed by atoms with van der Waals surface area (Å²) in [5.41, 5.74) is 0.0652. The zero-order valence-electron chi connectivity index (χ0n) is 22.9. The second-order valence-corrected chi connectivity index (χ2v) is 9.90. The summed E-state index contributed by atoms with van der Waals surface area (Å²) in [6.07, 6.45) is -0.266. The average Bonchev–Trinajstić information content (AvgIpc) is 2.90. The molecule has 1 heterocycles. The van der Waals surface area contributed by atoms with Crippen LogP contribution < -0.4 is 5.32 Å². The van der Waals surface area contributed by atoms with Crippen molar-refractivity contribution in [1.82, 2.24) is 15.1 Å². The van der Waals surface area contributed by atoms with Gasteiger partial charge in [-0.15, -0.1) is 0 Å². The monoisotopic (exact) mass is 537 g/mol. The number of nitrogens with zero attached hydrogens (tertiary/aromatic N) is 2. The molecular weight excluding hydrogens is 494 g/mol. The maximum atomic E-state index is 12.5. The van der Waals surface area contributed by atoms with Crippen molar-refractivity contribution in [2.45, 2.75) is 38.8 Å². The number of piperazine rings is 1. The van der Waals surface area contributed by atoms with Gasteiger partial charge in [0.15, 0.2) is 5.78 Å². The number of rotatable bonds is 16. The van der Waals surface area contributed by atoms with Crippen molar-refractivity contribution in [3.63, 3.8) is 0 Å². The van der Waals surface area contributed by atoms with Crippen LogP contribution in [0.2, 0.25) is 0 Å². The fraction of sp³-hybridized carbons (Fsp3) is 0.667. The highest BCUT2D eigenvalue weighted by atomic mass is 16.6. The van der Waals surface area contributed by atoms with E-state index in [1.807, 2.05) is 18.2 Å². The van der Waals surface area contributed by atoms with Crippen LogP contribution in [-0.2, 0) is 23.7 Å². The van der Waals surface area contributed by atoms with E-state index in [1.165, 1.54) is 4.90 Å². The maximum Gasteiger partial charge on any atom is 0.410 e. The molecule has 2 N–H and O–H groups in total. The SMILES string of the molecule is CC(C)(C)OC(=O)N1CCN(C(=O)CCOCCOCCOCCNCC(=O)c2ccccc2)CC1CO. The number of benzene rings is 1. The molecule has 1 unspecified atom stereocenters. The Kier molecular flexibility index (Phi) is 14.2. The van der Waals surface area contributed by atoms with Gasteiger partial charge in [0.25, 0.3) is 0 Å². The summed E-state index contributed by atoms with van der Waals surface area (Å²) in [6, 6.07) is 8.66. The van der Waals surface area contributed by atoms with E-state index in [1.54, 1.807) is 37.8 Å². The fourth-order valence-corrected chi connectivity index (χ4v) is 3.73. The molecule has 0 aliphatic carbocycles. The van der Waals surface area contributed by atoms with Gasteiger partial charge >= 0.3 is 6.09 Å². The predicted octanol–water partition coefficient (Wildman–Crippen LogP) is 1.34. The molecule has 0 aromatic heterocycles. The Bertz CT molecular complexity index is 846. The van der Waals surface area contributed by atoms with E-state index < -0.39 is 17.7 Å². The third-order valence-corrected chi connectivity index (χ3v) is 5.68. The van der Waals surface area contributed by atoms with Gasteiger partial charge < -0.3 is 34.3 Å². The predicted molar refractivity (Wildman–Crippen MR) is 141 cm³/mol. The highest BCUT2D eigenvalue weighted by Gasteiger charge is 2.34. The van der Waals surface area contributed by atoms with Crippen LogP contribution in [0.25, 0.3) is 0 Å². The second kappa shape index (κ2) is 17.1. The van der Waals surface area contributed by atoms with Crippen LogP contribution in [0, 0.1) is 0 Å². The van der Waals surface area contributed by atoms with E-state index in [0.29, 0.717) is 58.2 Å². The van der Waals surface area contributed by atoms with Crippen LogP contribution in [0.5, 0.6) is 0 Å². The Labute approximate surface area is 225 Å². The number of carbonyl (C=O) groups excluding carboxylic acids is 3. The standard InChI is InChI=1S/C27H43N3O8/c1-27(2,3)38-26(34)30-12-11-29(20-23(30)21-31)25(33)9-13-35-15-17-37-18-16-36-14-10-28-19-24(32)22-7-5-4-6-8-22/h4-8,23,28,31H,9-21H2,1-3H3. The number of ketones is 1. The smallest absolute Gasteiger partial charge is 0.410 e. The van der Waals surface area contributed by atoms with Crippen LogP contribution >= 0.6 is 0 Å². The van der Waals surface area contributed by atoms with Crippen LogP contribution in [-0.4, -0.2) is 123 Å². The molecule has 0 spiro atoms. The molecule has 0 saturated carbocycles. The lowest BCUT2D eigenvalue weighted by Crippen LogP contribution is -2.58. The van der Waals surface area contributed by atoms with Gasteiger partial charge in [0.2, 0.25) is 5.91 Å². The molecular formula is C27H43N3O8. The molecule has 1 saturated heterocycles. The first-order valence-corrected chi connectivity index (χ1v) is 13.1. The molecule has 2 rings (SSSR count). The molecule has 38 heavy (non-hydrogen) atoms. The molecule has 1 atom stereocenters. The van der Waals surface area contributed by atoms with Crippen molar-refractivity contribution in [1.29, 1.82) is 0 Å². The highest BCUT2D eigenvalue weighted by molar-refractivity contribution is 5.97. The number of hydrogen-bond acceptors (Lipinski definition) is 9. The van der Waals surface area contributed by atoms with Gasteiger partial charge in [-0.25, -0.2) is 4.79 Å². The van der Waals surface area contributed by atoms with Crippen LogP contribution in [0.1, 0.15) is 37.6 Å². The van der Waals surface area contributed by atoms with E-state index >= 15 is 0 Å². The third-order valence-electron chi connectivity index (χ3n) is 5.68. The van der Waals surface area contributed by atoms with Crippen molar-refractivity contribution >= 4 is 17.8 Å². The van der Waals surface area contributed by atoms with Crippen LogP contribution in [0.15, 0.2) is 30.3 Å². The molecule has 1 aliphatic heterocycles. The van der Waals surface area contributed by atoms with E-state index in [2.05, 4.69) is 5.32 Å². The summed E-state index contributed by atoms with van der Waals surface area (Å²) in [4.78, 5) is 40.0. The number of aliphatic hydroxyl groups is 1. The largest absolute Gasteiger partial charge is 0.444 e. The quantitative estimate of drug-likeness (QED) is 0.237. The number of amides is 2. The van der Waals surface area contributed by atoms with Gasteiger partial charge in [-0.1, -0.05) is 30.3 Å². The lowest BCUT2D eigenvalue weighted by Gasteiger charge is -2.41. The van der Waals surface area contributed by atoms with E-state index in [-0.39, 0.29) is 44.4 Å². The van der Waals surface area contributed by atoms with E-state index in [4.69, 9.17) is 18.9 Å². The molecule has 0 bridgehead atoms. The van der Waals surface area contributed by atoms with Crippen LogP contribution in [0.4, 0.5) is 4.79 Å². The average molecular weight is 538 g/mol. The van der Waals surface area contributed by atoms with Crippen molar-refractivity contribution in [3.05, 3.63) is 35.9 Å². The van der Waals surface area contributed by atoms with Crippen molar-refractivity contribution in [2.75, 3.05) is 79.0 Å². The zero-order valence-corrected chi connectivity index (χ0v) is 22.9. The number of nitrogens with one attached hydrogen (secondary N) is 1. The Morgan fingerprint density at radius 3 is 2.21 bits per heavy atom. The number of ether oxygens (including phenoxy) is 4. The number of aliphatic hydroxyl groups excluding tert-OH is 1. The normalized spacial score (nSPS) is 15.9. The van der Waals surface area contributed by atoms with Crippen molar-refractivity contribution in [2.24, 2.45) is 0 Å². The molecule has 1 aliphatic rings. The minimum Gasteiger partial charge on any atom is -0.444 e. The molecule has 11 heteroatoms. The van der Waals surface area contributed by atoms with Gasteiger partial charge in [-0.3, -0.25) is 14.5 Å². The Morgan fingerprint density at radius 1 is 0.947 bits per heavy atom. The van der Waals surface area contributed by atoms with Gasteiger partial charge in [-0.05, 0) is 20.8 Å². The lowest BCUT2D eigenvalue weighted by molar-refractivity contribution is -0.136. The number of hydrogen-bond donors (Lipinski definition) is 2. The van der Waals surface area contributed by atoms with Gasteiger partial charge in [0.05, 0.1) is 65.3 Å². The summed E-state index contributed by atoms with van der Waals surface area (Å²) >= 11 is 0. The molecule has 1 aromatic carbocycles. The topological polar surface area (TPSA) is 127 Å². The van der Waals surface area contributed by atoms with E-state index in [0.717, 1.165) is 0 Å². The molecule has 0 radical (unpaired) electrons. The maximum absolute atomic E-state index is 12.5. The van der Waals surface area contributed by atoms with Crippen molar-refractivity contribution in [3.8, 4) is 0 Å². The molecule has 11 nitrogen and oxygen atoms in total. The molecule has 1 aromatic rings. The minimum atomic E-state index is -0.624. The zero-order chi connectivity index (χ0) is 27.8. The summed E-state index contributed by atoms with van der Waals surface area (Å²) < 4.78 is 21.8. The lowest BCUT2D eigenvalue weighted by atomic mass is 10.1. The Morgan fingerprint density at radius 2 is 1.58 bits per heavy atom. The van der Waals surface area contributed by atoms with E-state index in [9.17, 15) is 19.5 Å². The fourth-order valence-electron chi connectivity index (χ4n) is 3.73. The second-order valence-electron chi connectivity index (χ2n) is 9.90. The van der Waals surface area contributed by atoms with Gasteiger partial charge in [0.1, 0.15) is 5.60 Å². The first-order valence-electron chi connectivity index (χ1n) is 13.1. The highest BCUT2D eigenvalue weighted by Crippen LogP contribution is 2.16. The molecule has 2 amide bonds. The summed E-state index contributed by atoms with van der Waals surface area (Å²) in [5, 5.41) is 12.8.